The summed E-state index contributed by atoms with van der Waals surface area (Å²) in [6.45, 7) is 0. The molecule has 0 bridgehead atoms. The number of rotatable bonds is 6. The number of hydrogen-bond acceptors (Lipinski definition) is 6. The van der Waals surface area contributed by atoms with E-state index in [9.17, 15) is 0 Å². The lowest BCUT2D eigenvalue weighted by atomic mass is 9.93. The normalized spacial score (nSPS) is 12.2. The molecule has 0 radical (unpaired) electrons. The van der Waals surface area contributed by atoms with Gasteiger partial charge >= 0.3 is 0 Å². The Balaban J connectivity index is 0.976. The second kappa shape index (κ2) is 11.4. The maximum absolute atomic E-state index is 5.03. The van der Waals surface area contributed by atoms with Crippen LogP contribution in [0.5, 0.6) is 0 Å². The first-order valence-corrected chi connectivity index (χ1v) is 19.3. The fourth-order valence-corrected chi connectivity index (χ4v) is 9.44. The van der Waals surface area contributed by atoms with Crippen molar-refractivity contribution in [1.29, 1.82) is 0 Å². The van der Waals surface area contributed by atoms with Crippen molar-refractivity contribution >= 4 is 132 Å². The summed E-state index contributed by atoms with van der Waals surface area (Å²) in [5.74, 6) is 1.29. The highest BCUT2D eigenvalue weighted by Crippen LogP contribution is 2.42. The monoisotopic (exact) mass is 726 g/mol. The highest BCUT2D eigenvalue weighted by molar-refractivity contribution is 6.27. The van der Waals surface area contributed by atoms with E-state index in [-0.39, 0.29) is 0 Å². The van der Waals surface area contributed by atoms with Crippen molar-refractivity contribution < 1.29 is 0 Å². The average Bonchev–Trinajstić information content (AvgIpc) is 3.25. The molecule has 12 aromatic carbocycles. The molecule has 0 amide bonds. The molecule has 13 aromatic rings. The Morgan fingerprint density at radius 2 is 0.456 bits per heavy atom. The maximum Gasteiger partial charge on any atom is 0.233 e. The van der Waals surface area contributed by atoms with Crippen LogP contribution in [0.3, 0.4) is 0 Å². The van der Waals surface area contributed by atoms with E-state index in [4.69, 9.17) is 15.0 Å². The predicted molar refractivity (Wildman–Crippen MR) is 240 cm³/mol. The zero-order valence-corrected chi connectivity index (χ0v) is 30.4. The second-order valence-electron chi connectivity index (χ2n) is 15.1. The van der Waals surface area contributed by atoms with Gasteiger partial charge in [-0.1, -0.05) is 146 Å². The van der Waals surface area contributed by atoms with Crippen LogP contribution in [-0.2, 0) is 0 Å². The third-order valence-corrected chi connectivity index (χ3v) is 12.0. The quantitative estimate of drug-likeness (QED) is 0.148. The lowest BCUT2D eigenvalue weighted by molar-refractivity contribution is 1.07. The molecule has 3 N–H and O–H groups in total. The van der Waals surface area contributed by atoms with Gasteiger partial charge in [-0.25, -0.2) is 0 Å². The van der Waals surface area contributed by atoms with E-state index in [0.717, 1.165) is 33.2 Å². The largest absolute Gasteiger partial charge is 0.323 e. The van der Waals surface area contributed by atoms with E-state index < -0.39 is 0 Å². The van der Waals surface area contributed by atoms with Crippen molar-refractivity contribution in [3.8, 4) is 0 Å². The molecule has 1 heterocycles. The Morgan fingerprint density at radius 1 is 0.228 bits per heavy atom. The SMILES string of the molecule is c1cc2ccc3ccc(Nc4nc(Nc5ccc6ccc7cccc8ccc5c6c78)nc(Nc5ccc6ccc7cccc8ccc5c6c78)n4)c4ccc(c1)c2c34. The molecule has 1 aromatic heterocycles. The Morgan fingerprint density at radius 3 is 0.737 bits per heavy atom. The molecule has 0 spiro atoms. The summed E-state index contributed by atoms with van der Waals surface area (Å²) in [4.78, 5) is 15.1. The van der Waals surface area contributed by atoms with Crippen LogP contribution >= 0.6 is 0 Å². The van der Waals surface area contributed by atoms with Crippen LogP contribution in [0.4, 0.5) is 34.9 Å². The number of nitrogens with one attached hydrogen (secondary N) is 3. The highest BCUT2D eigenvalue weighted by atomic mass is 15.3. The van der Waals surface area contributed by atoms with Crippen molar-refractivity contribution in [3.63, 3.8) is 0 Å². The number of hydrogen-bond donors (Lipinski definition) is 3. The minimum atomic E-state index is 0.431. The van der Waals surface area contributed by atoms with Crippen LogP contribution in [-0.4, -0.2) is 15.0 Å². The first-order valence-electron chi connectivity index (χ1n) is 19.3. The highest BCUT2D eigenvalue weighted by Gasteiger charge is 2.17. The van der Waals surface area contributed by atoms with Crippen molar-refractivity contribution in [1.82, 2.24) is 15.0 Å². The molecule has 0 fully saturated rings. The molecule has 0 aliphatic carbocycles. The van der Waals surface area contributed by atoms with Crippen molar-refractivity contribution in [2.24, 2.45) is 0 Å². The summed E-state index contributed by atoms with van der Waals surface area (Å²) >= 11 is 0. The first-order chi connectivity index (χ1) is 28.2. The third-order valence-electron chi connectivity index (χ3n) is 12.0. The van der Waals surface area contributed by atoms with Crippen molar-refractivity contribution in [2.45, 2.75) is 0 Å². The Hall–Kier alpha value is -7.83. The molecular weight excluding hydrogens is 697 g/mol. The lowest BCUT2D eigenvalue weighted by Gasteiger charge is -2.17. The van der Waals surface area contributed by atoms with Gasteiger partial charge in [-0.2, -0.15) is 15.0 Å². The van der Waals surface area contributed by atoms with Crippen LogP contribution < -0.4 is 16.0 Å². The van der Waals surface area contributed by atoms with Crippen LogP contribution in [0, 0.1) is 0 Å². The third kappa shape index (κ3) is 4.49. The molecule has 6 nitrogen and oxygen atoms in total. The number of nitrogens with zero attached hydrogens (tertiary/aromatic N) is 3. The molecule has 0 atom stereocenters. The molecule has 6 heteroatoms. The van der Waals surface area contributed by atoms with Gasteiger partial charge < -0.3 is 16.0 Å². The van der Waals surface area contributed by atoms with E-state index in [1.54, 1.807) is 0 Å². The minimum Gasteiger partial charge on any atom is -0.323 e. The molecule has 0 unspecified atom stereocenters. The molecule has 13 rings (SSSR count). The van der Waals surface area contributed by atoms with Crippen molar-refractivity contribution in [2.75, 3.05) is 16.0 Å². The van der Waals surface area contributed by atoms with E-state index in [1.807, 2.05) is 0 Å². The fourth-order valence-electron chi connectivity index (χ4n) is 9.44. The summed E-state index contributed by atoms with van der Waals surface area (Å²) in [6, 6.07) is 58.7. The van der Waals surface area contributed by atoms with Gasteiger partial charge in [0, 0.05) is 33.2 Å². The summed E-state index contributed by atoms with van der Waals surface area (Å²) in [6.07, 6.45) is 0. The topological polar surface area (TPSA) is 74.8 Å². The van der Waals surface area contributed by atoms with E-state index in [2.05, 4.69) is 180 Å². The second-order valence-corrected chi connectivity index (χ2v) is 15.1. The number of aromatic nitrogens is 3. The van der Waals surface area contributed by atoms with Gasteiger partial charge in [-0.3, -0.25) is 0 Å². The molecule has 0 aliphatic rings. The molecule has 0 saturated carbocycles. The van der Waals surface area contributed by atoms with Crippen LogP contribution in [0.2, 0.25) is 0 Å². The van der Waals surface area contributed by atoms with E-state index >= 15 is 0 Å². The molecule has 264 valence electrons. The van der Waals surface area contributed by atoms with Crippen LogP contribution in [0.15, 0.2) is 164 Å². The predicted octanol–water partition coefficient (Wildman–Crippen LogP) is 13.8. The summed E-state index contributed by atoms with van der Waals surface area (Å²) in [5, 5.41) is 32.6. The van der Waals surface area contributed by atoms with Gasteiger partial charge in [0.05, 0.1) is 0 Å². The summed E-state index contributed by atoms with van der Waals surface area (Å²) < 4.78 is 0. The summed E-state index contributed by atoms with van der Waals surface area (Å²) in [7, 11) is 0. The summed E-state index contributed by atoms with van der Waals surface area (Å²) in [5.41, 5.74) is 2.78. The van der Waals surface area contributed by atoms with Gasteiger partial charge in [-0.05, 0) is 99.0 Å². The fraction of sp³-hybridized carbons (Fsp3) is 0. The number of anilines is 6. The van der Waals surface area contributed by atoms with E-state index in [1.165, 1.54) is 80.8 Å². The van der Waals surface area contributed by atoms with Crippen LogP contribution in [0.25, 0.3) is 97.0 Å². The average molecular weight is 727 g/mol. The van der Waals surface area contributed by atoms with Gasteiger partial charge in [0.1, 0.15) is 0 Å². The molecular formula is C51H30N6. The van der Waals surface area contributed by atoms with Gasteiger partial charge in [0.2, 0.25) is 17.8 Å². The van der Waals surface area contributed by atoms with Gasteiger partial charge in [0.15, 0.2) is 0 Å². The van der Waals surface area contributed by atoms with E-state index in [0.29, 0.717) is 17.8 Å². The molecule has 57 heavy (non-hydrogen) atoms. The maximum atomic E-state index is 5.03. The smallest absolute Gasteiger partial charge is 0.233 e. The Kier molecular flexibility index (Phi) is 6.07. The number of benzene rings is 12. The van der Waals surface area contributed by atoms with Crippen molar-refractivity contribution in [3.05, 3.63) is 164 Å². The minimum absolute atomic E-state index is 0.431. The standard InChI is InChI=1S/C51H30N6/c1-4-28-10-13-34-19-25-40(37-22-16-31(7-1)43(28)46(34)37)52-49-55-50(53-41-26-20-35-14-11-29-5-2-8-32-17-23-38(41)47(35)44(29)32)57-51(56-49)54-42-27-21-36-15-12-30-6-3-9-33-18-24-39(42)48(36)45(30)33/h1-27H,(H3,52,53,54,55,56,57). The molecule has 0 saturated heterocycles. The lowest BCUT2D eigenvalue weighted by Crippen LogP contribution is -2.08. The van der Waals surface area contributed by atoms with Crippen LogP contribution in [0.1, 0.15) is 0 Å². The zero-order chi connectivity index (χ0) is 37.2. The van der Waals surface area contributed by atoms with Gasteiger partial charge in [-0.15, -0.1) is 0 Å². The first kappa shape index (κ1) is 30.5. The Labute approximate surface area is 325 Å². The molecule has 0 aliphatic heterocycles. The van der Waals surface area contributed by atoms with Gasteiger partial charge in [0.25, 0.3) is 0 Å². The Bertz CT molecular complexity index is 3290. The zero-order valence-electron chi connectivity index (χ0n) is 30.4.